The van der Waals surface area contributed by atoms with E-state index in [1.807, 2.05) is 6.92 Å². The van der Waals surface area contributed by atoms with E-state index in [0.717, 1.165) is 12.1 Å². The molecule has 5 nitrogen and oxygen atoms in total. The Balaban J connectivity index is 1.56. The van der Waals surface area contributed by atoms with Crippen LogP contribution in [0, 0.1) is 11.6 Å². The Morgan fingerprint density at radius 2 is 1.92 bits per heavy atom. The summed E-state index contributed by atoms with van der Waals surface area (Å²) < 4.78 is 32.4. The molecule has 0 aliphatic carbocycles. The number of morpholine rings is 1. The van der Waals surface area contributed by atoms with Gasteiger partial charge in [0.25, 0.3) is 0 Å². The molecule has 1 amide bonds. The number of hydrogen-bond donors (Lipinski definition) is 0. The van der Waals surface area contributed by atoms with Crippen molar-refractivity contribution in [3.63, 3.8) is 0 Å². The van der Waals surface area contributed by atoms with Crippen LogP contribution >= 0.6 is 0 Å². The molecule has 1 aromatic rings. The quantitative estimate of drug-likeness (QED) is 0.612. The number of halogens is 2. The van der Waals surface area contributed by atoms with Gasteiger partial charge in [-0.1, -0.05) is 0 Å². The number of likely N-dealkylation sites (N-methyl/N-ethyl adjacent to an activating group) is 1. The average molecular weight is 352 g/mol. The largest absolute Gasteiger partial charge is 0.450 e. The van der Waals surface area contributed by atoms with Gasteiger partial charge in [0.15, 0.2) is 0 Å². The molecule has 25 heavy (non-hydrogen) atoms. The molecular weight excluding hydrogens is 330 g/mol. The molecule has 0 atom stereocenters. The fourth-order valence-electron chi connectivity index (χ4n) is 3.53. The highest BCUT2D eigenvalue weighted by Crippen LogP contribution is 2.31. The van der Waals surface area contributed by atoms with E-state index >= 15 is 0 Å². The van der Waals surface area contributed by atoms with E-state index in [0.29, 0.717) is 57.5 Å². The minimum absolute atomic E-state index is 0.368. The Morgan fingerprint density at radius 3 is 2.60 bits per heavy atom. The lowest BCUT2D eigenvalue weighted by Gasteiger charge is -2.46. The minimum Gasteiger partial charge on any atom is -0.450 e. The van der Waals surface area contributed by atoms with Crippen molar-refractivity contribution in [3.05, 3.63) is 35.4 Å². The van der Waals surface area contributed by atoms with Gasteiger partial charge in [0.1, 0.15) is 17.2 Å². The van der Waals surface area contributed by atoms with E-state index < -0.39 is 29.1 Å². The number of esters is 1. The Kier molecular flexibility index (Phi) is 5.03. The lowest BCUT2D eigenvalue weighted by Crippen LogP contribution is -2.60. The SMILES string of the molecule is CCN1CC2(CCN(CCc3cc(F)ccc3F)CC2)OC(=O)C1=O. The van der Waals surface area contributed by atoms with Crippen molar-refractivity contribution < 1.29 is 23.1 Å². The van der Waals surface area contributed by atoms with Crippen LogP contribution in [-0.4, -0.2) is 60.0 Å². The molecule has 3 rings (SSSR count). The normalized spacial score (nSPS) is 20.8. The number of nitrogens with zero attached hydrogens (tertiary/aromatic N) is 2. The van der Waals surface area contributed by atoms with Crippen molar-refractivity contribution in [3.8, 4) is 0 Å². The van der Waals surface area contributed by atoms with Crippen molar-refractivity contribution >= 4 is 11.9 Å². The molecule has 0 saturated carbocycles. The van der Waals surface area contributed by atoms with Gasteiger partial charge in [-0.05, 0) is 37.1 Å². The van der Waals surface area contributed by atoms with Gasteiger partial charge in [-0.3, -0.25) is 4.79 Å². The first-order chi connectivity index (χ1) is 11.9. The van der Waals surface area contributed by atoms with Crippen LogP contribution in [0.2, 0.25) is 0 Å². The molecule has 2 heterocycles. The third-order valence-electron chi connectivity index (χ3n) is 5.10. The first-order valence-electron chi connectivity index (χ1n) is 8.61. The first kappa shape index (κ1) is 17.8. The molecular formula is C18H22F2N2O3. The molecule has 0 aromatic heterocycles. The van der Waals surface area contributed by atoms with Gasteiger partial charge < -0.3 is 14.5 Å². The Morgan fingerprint density at radius 1 is 1.20 bits per heavy atom. The van der Waals surface area contributed by atoms with E-state index in [2.05, 4.69) is 4.90 Å². The minimum atomic E-state index is -0.775. The highest BCUT2D eigenvalue weighted by molar-refractivity contribution is 6.33. The summed E-state index contributed by atoms with van der Waals surface area (Å²) in [6.45, 7) is 4.75. The molecule has 0 N–H and O–H groups in total. The molecule has 2 saturated heterocycles. The van der Waals surface area contributed by atoms with Crippen LogP contribution in [0.4, 0.5) is 8.78 Å². The first-order valence-corrected chi connectivity index (χ1v) is 8.61. The second kappa shape index (κ2) is 7.07. The van der Waals surface area contributed by atoms with Gasteiger partial charge in [0.2, 0.25) is 0 Å². The molecule has 2 aliphatic rings. The summed E-state index contributed by atoms with van der Waals surface area (Å²) in [4.78, 5) is 27.2. The summed E-state index contributed by atoms with van der Waals surface area (Å²) >= 11 is 0. The van der Waals surface area contributed by atoms with E-state index in [4.69, 9.17) is 4.74 Å². The van der Waals surface area contributed by atoms with Crippen molar-refractivity contribution in [2.45, 2.75) is 31.8 Å². The maximum absolute atomic E-state index is 13.7. The van der Waals surface area contributed by atoms with Gasteiger partial charge in [-0.15, -0.1) is 0 Å². The van der Waals surface area contributed by atoms with Crippen molar-refractivity contribution in [1.29, 1.82) is 0 Å². The number of carbonyl (C=O) groups is 2. The number of ether oxygens (including phenoxy) is 1. The fourth-order valence-corrected chi connectivity index (χ4v) is 3.53. The number of likely N-dealkylation sites (tertiary alicyclic amines) is 1. The molecule has 2 aliphatic heterocycles. The van der Waals surface area contributed by atoms with Crippen LogP contribution in [-0.2, 0) is 20.7 Å². The molecule has 7 heteroatoms. The average Bonchev–Trinajstić information content (AvgIpc) is 2.60. The second-order valence-corrected chi connectivity index (χ2v) is 6.72. The number of hydrogen-bond acceptors (Lipinski definition) is 4. The van der Waals surface area contributed by atoms with Crippen LogP contribution in [0.25, 0.3) is 0 Å². The standard InChI is InChI=1S/C18H22F2N2O3/c1-2-22-12-18(25-17(24)16(22)23)6-9-21(10-7-18)8-5-13-11-14(19)3-4-15(13)20/h3-4,11H,2,5-10,12H2,1H3. The number of piperidine rings is 1. The fraction of sp³-hybridized carbons (Fsp3) is 0.556. The summed E-state index contributed by atoms with van der Waals surface area (Å²) in [5.74, 6) is -2.18. The van der Waals surface area contributed by atoms with E-state index in [-0.39, 0.29) is 0 Å². The lowest BCUT2D eigenvalue weighted by atomic mass is 9.89. The van der Waals surface area contributed by atoms with Crippen molar-refractivity contribution in [2.75, 3.05) is 32.7 Å². The zero-order chi connectivity index (χ0) is 18.0. The van der Waals surface area contributed by atoms with Gasteiger partial charge in [0, 0.05) is 39.0 Å². The zero-order valence-corrected chi connectivity index (χ0v) is 14.3. The van der Waals surface area contributed by atoms with Crippen molar-refractivity contribution in [2.24, 2.45) is 0 Å². The highest BCUT2D eigenvalue weighted by atomic mass is 19.1. The zero-order valence-electron chi connectivity index (χ0n) is 14.3. The molecule has 0 bridgehead atoms. The maximum atomic E-state index is 13.7. The number of rotatable bonds is 4. The second-order valence-electron chi connectivity index (χ2n) is 6.72. The smallest absolute Gasteiger partial charge is 0.397 e. The van der Waals surface area contributed by atoms with Crippen LogP contribution in [0.1, 0.15) is 25.3 Å². The Hall–Kier alpha value is -2.02. The summed E-state index contributed by atoms with van der Waals surface area (Å²) in [5.41, 5.74) is -0.242. The van der Waals surface area contributed by atoms with E-state index in [9.17, 15) is 18.4 Å². The molecule has 0 radical (unpaired) electrons. The summed E-state index contributed by atoms with van der Waals surface area (Å²) in [5, 5.41) is 0. The Bertz CT molecular complexity index is 672. The van der Waals surface area contributed by atoms with Crippen LogP contribution in [0.3, 0.4) is 0 Å². The lowest BCUT2D eigenvalue weighted by molar-refractivity contribution is -0.189. The monoisotopic (exact) mass is 352 g/mol. The highest BCUT2D eigenvalue weighted by Gasteiger charge is 2.46. The van der Waals surface area contributed by atoms with Gasteiger partial charge in [0.05, 0.1) is 6.54 Å². The maximum Gasteiger partial charge on any atom is 0.397 e. The third kappa shape index (κ3) is 3.81. The molecule has 136 valence electrons. The summed E-state index contributed by atoms with van der Waals surface area (Å²) in [6, 6.07) is 3.49. The summed E-state index contributed by atoms with van der Waals surface area (Å²) in [6.07, 6.45) is 1.69. The van der Waals surface area contributed by atoms with Crippen LogP contribution in [0.15, 0.2) is 18.2 Å². The van der Waals surface area contributed by atoms with Gasteiger partial charge in [-0.25, -0.2) is 13.6 Å². The molecule has 2 fully saturated rings. The topological polar surface area (TPSA) is 49.9 Å². The third-order valence-corrected chi connectivity index (χ3v) is 5.10. The van der Waals surface area contributed by atoms with Gasteiger partial charge in [-0.2, -0.15) is 0 Å². The van der Waals surface area contributed by atoms with Crippen LogP contribution < -0.4 is 0 Å². The number of benzene rings is 1. The molecule has 1 spiro atoms. The van der Waals surface area contributed by atoms with Crippen LogP contribution in [0.5, 0.6) is 0 Å². The van der Waals surface area contributed by atoms with Crippen molar-refractivity contribution in [1.82, 2.24) is 9.80 Å². The van der Waals surface area contributed by atoms with Gasteiger partial charge >= 0.3 is 11.9 Å². The molecule has 0 unspecified atom stereocenters. The molecule has 1 aromatic carbocycles. The number of amides is 1. The Labute approximate surface area is 145 Å². The predicted molar refractivity (Wildman–Crippen MR) is 86.8 cm³/mol. The van der Waals surface area contributed by atoms with E-state index in [1.54, 1.807) is 0 Å². The van der Waals surface area contributed by atoms with E-state index in [1.165, 1.54) is 11.0 Å². The number of carbonyl (C=O) groups excluding carboxylic acids is 2. The predicted octanol–water partition coefficient (Wildman–Crippen LogP) is 1.75. The summed E-state index contributed by atoms with van der Waals surface area (Å²) in [7, 11) is 0.